The van der Waals surface area contributed by atoms with Crippen molar-refractivity contribution in [3.05, 3.63) is 45.0 Å². The Morgan fingerprint density at radius 3 is 2.40 bits per heavy atom. The van der Waals surface area contributed by atoms with Gasteiger partial charge >= 0.3 is 0 Å². The standard InChI is InChI=1S/C9H9ClN2O3/c10-7-3-1-6(2-4-7)8(9(11)13)5-12(14)15/h1-4,8H,5H2,(H2,11,13)/t8-/m0/s1. The maximum Gasteiger partial charge on any atom is 0.231 e. The van der Waals surface area contributed by atoms with Crippen molar-refractivity contribution in [3.8, 4) is 0 Å². The van der Waals surface area contributed by atoms with Crippen molar-refractivity contribution < 1.29 is 9.72 Å². The number of carbonyl (C=O) groups is 1. The van der Waals surface area contributed by atoms with E-state index in [0.717, 1.165) is 0 Å². The van der Waals surface area contributed by atoms with Crippen LogP contribution in [0, 0.1) is 10.1 Å². The Kier molecular flexibility index (Phi) is 3.62. The van der Waals surface area contributed by atoms with Crippen LogP contribution in [0.15, 0.2) is 24.3 Å². The van der Waals surface area contributed by atoms with Crippen LogP contribution < -0.4 is 5.73 Å². The van der Waals surface area contributed by atoms with E-state index in [0.29, 0.717) is 10.6 Å². The maximum atomic E-state index is 11.0. The molecule has 1 aromatic rings. The van der Waals surface area contributed by atoms with Crippen LogP contribution in [0.5, 0.6) is 0 Å². The molecule has 0 aliphatic heterocycles. The van der Waals surface area contributed by atoms with E-state index in [1.54, 1.807) is 24.3 Å². The number of nitro groups is 1. The Morgan fingerprint density at radius 2 is 2.00 bits per heavy atom. The van der Waals surface area contributed by atoms with Crippen LogP contribution in [0.25, 0.3) is 0 Å². The molecule has 0 bridgehead atoms. The van der Waals surface area contributed by atoms with Crippen molar-refractivity contribution in [3.63, 3.8) is 0 Å². The molecule has 15 heavy (non-hydrogen) atoms. The molecule has 1 aromatic carbocycles. The third kappa shape index (κ3) is 3.21. The van der Waals surface area contributed by atoms with Gasteiger partial charge in [0.1, 0.15) is 5.92 Å². The lowest BCUT2D eigenvalue weighted by atomic mass is 9.99. The summed E-state index contributed by atoms with van der Waals surface area (Å²) in [6, 6.07) is 6.24. The second-order valence-electron chi connectivity index (χ2n) is 3.02. The first-order chi connectivity index (χ1) is 7.00. The van der Waals surface area contributed by atoms with E-state index >= 15 is 0 Å². The normalized spacial score (nSPS) is 12.1. The fraction of sp³-hybridized carbons (Fsp3) is 0.222. The molecule has 0 unspecified atom stereocenters. The van der Waals surface area contributed by atoms with Crippen LogP contribution in [0.2, 0.25) is 5.02 Å². The minimum atomic E-state index is -0.905. The van der Waals surface area contributed by atoms with Gasteiger partial charge in [-0.1, -0.05) is 23.7 Å². The summed E-state index contributed by atoms with van der Waals surface area (Å²) in [6.07, 6.45) is 0. The van der Waals surface area contributed by atoms with Crippen molar-refractivity contribution in [1.29, 1.82) is 0 Å². The molecule has 1 atom stereocenters. The number of halogens is 1. The number of benzene rings is 1. The van der Waals surface area contributed by atoms with E-state index < -0.39 is 23.3 Å². The predicted molar refractivity (Wildman–Crippen MR) is 55.2 cm³/mol. The van der Waals surface area contributed by atoms with E-state index in [2.05, 4.69) is 0 Å². The van der Waals surface area contributed by atoms with Gasteiger partial charge in [0.15, 0.2) is 0 Å². The van der Waals surface area contributed by atoms with Crippen molar-refractivity contribution in [2.24, 2.45) is 5.73 Å². The topological polar surface area (TPSA) is 86.2 Å². The molecule has 1 amide bonds. The minimum Gasteiger partial charge on any atom is -0.369 e. The molecule has 0 aliphatic carbocycles. The van der Waals surface area contributed by atoms with Gasteiger partial charge in [-0.15, -0.1) is 0 Å². The molecule has 5 nitrogen and oxygen atoms in total. The molecule has 1 rings (SSSR count). The Balaban J connectivity index is 2.94. The zero-order valence-corrected chi connectivity index (χ0v) is 8.48. The Bertz CT molecular complexity index is 377. The Labute approximate surface area is 91.0 Å². The van der Waals surface area contributed by atoms with Gasteiger partial charge in [-0.25, -0.2) is 0 Å². The number of hydrogen-bond acceptors (Lipinski definition) is 3. The first kappa shape index (κ1) is 11.5. The lowest BCUT2D eigenvalue weighted by molar-refractivity contribution is -0.481. The highest BCUT2D eigenvalue weighted by molar-refractivity contribution is 6.30. The summed E-state index contributed by atoms with van der Waals surface area (Å²) in [7, 11) is 0. The third-order valence-corrected chi connectivity index (χ3v) is 2.20. The molecule has 80 valence electrons. The lowest BCUT2D eigenvalue weighted by Gasteiger charge is -2.08. The number of primary amides is 1. The summed E-state index contributed by atoms with van der Waals surface area (Å²) in [5.41, 5.74) is 5.58. The molecule has 0 aromatic heterocycles. The monoisotopic (exact) mass is 228 g/mol. The highest BCUT2D eigenvalue weighted by Crippen LogP contribution is 2.18. The van der Waals surface area contributed by atoms with Crippen LogP contribution >= 0.6 is 11.6 Å². The number of amides is 1. The van der Waals surface area contributed by atoms with Crippen molar-refractivity contribution in [1.82, 2.24) is 0 Å². The van der Waals surface area contributed by atoms with Crippen LogP contribution in [0.3, 0.4) is 0 Å². The first-order valence-electron chi connectivity index (χ1n) is 4.17. The van der Waals surface area contributed by atoms with E-state index in [1.165, 1.54) is 0 Å². The average molecular weight is 229 g/mol. The summed E-state index contributed by atoms with van der Waals surface area (Å²) >= 11 is 5.65. The van der Waals surface area contributed by atoms with Crippen molar-refractivity contribution in [2.45, 2.75) is 5.92 Å². The maximum absolute atomic E-state index is 11.0. The molecule has 0 spiro atoms. The lowest BCUT2D eigenvalue weighted by Crippen LogP contribution is -2.27. The predicted octanol–water partition coefficient (Wildman–Crippen LogP) is 1.19. The SMILES string of the molecule is NC(=O)[C@@H](C[N+](=O)[O-])c1ccc(Cl)cc1. The fourth-order valence-electron chi connectivity index (χ4n) is 1.20. The van der Waals surface area contributed by atoms with Gasteiger partial charge in [0, 0.05) is 9.95 Å². The fourth-order valence-corrected chi connectivity index (χ4v) is 1.33. The van der Waals surface area contributed by atoms with Crippen LogP contribution in [0.1, 0.15) is 11.5 Å². The summed E-state index contributed by atoms with van der Waals surface area (Å²) in [4.78, 5) is 20.8. The smallest absolute Gasteiger partial charge is 0.231 e. The highest BCUT2D eigenvalue weighted by Gasteiger charge is 2.23. The Hall–Kier alpha value is -1.62. The van der Waals surface area contributed by atoms with Crippen molar-refractivity contribution >= 4 is 17.5 Å². The van der Waals surface area contributed by atoms with Gasteiger partial charge in [0.25, 0.3) is 0 Å². The van der Waals surface area contributed by atoms with Gasteiger partial charge < -0.3 is 5.73 Å². The van der Waals surface area contributed by atoms with E-state index in [9.17, 15) is 14.9 Å². The molecule has 6 heteroatoms. The molecule has 0 fully saturated rings. The molecule has 0 saturated heterocycles. The summed E-state index contributed by atoms with van der Waals surface area (Å²) in [5, 5.41) is 10.8. The Morgan fingerprint density at radius 1 is 1.47 bits per heavy atom. The van der Waals surface area contributed by atoms with Crippen LogP contribution in [0.4, 0.5) is 0 Å². The molecule has 2 N–H and O–H groups in total. The zero-order valence-electron chi connectivity index (χ0n) is 7.72. The molecule has 0 heterocycles. The second kappa shape index (κ2) is 4.75. The van der Waals surface area contributed by atoms with E-state index in [4.69, 9.17) is 17.3 Å². The number of nitrogens with two attached hydrogens (primary N) is 1. The van der Waals surface area contributed by atoms with Crippen molar-refractivity contribution in [2.75, 3.05) is 6.54 Å². The molecule has 0 aliphatic rings. The summed E-state index contributed by atoms with van der Waals surface area (Å²) in [5.74, 6) is -1.62. The number of carbonyl (C=O) groups excluding carboxylic acids is 1. The number of nitrogens with zero attached hydrogens (tertiary/aromatic N) is 1. The first-order valence-corrected chi connectivity index (χ1v) is 4.55. The quantitative estimate of drug-likeness (QED) is 0.620. The van der Waals surface area contributed by atoms with Crippen LogP contribution in [-0.4, -0.2) is 17.4 Å². The average Bonchev–Trinajstić information content (AvgIpc) is 2.15. The highest BCUT2D eigenvalue weighted by atomic mass is 35.5. The summed E-state index contributed by atoms with van der Waals surface area (Å²) in [6.45, 7) is -0.503. The van der Waals surface area contributed by atoms with E-state index in [1.807, 2.05) is 0 Å². The van der Waals surface area contributed by atoms with Gasteiger partial charge in [-0.3, -0.25) is 14.9 Å². The van der Waals surface area contributed by atoms with Gasteiger partial charge in [0.05, 0.1) is 0 Å². The second-order valence-corrected chi connectivity index (χ2v) is 3.46. The minimum absolute atomic E-state index is 0.503. The van der Waals surface area contributed by atoms with Crippen LogP contribution in [-0.2, 0) is 4.79 Å². The molecule has 0 saturated carbocycles. The van der Waals surface area contributed by atoms with Gasteiger partial charge in [-0.05, 0) is 17.7 Å². The molecule has 0 radical (unpaired) electrons. The number of hydrogen-bond donors (Lipinski definition) is 1. The third-order valence-electron chi connectivity index (χ3n) is 1.95. The van der Waals surface area contributed by atoms with Gasteiger partial charge in [0.2, 0.25) is 12.5 Å². The van der Waals surface area contributed by atoms with Gasteiger partial charge in [-0.2, -0.15) is 0 Å². The molecular weight excluding hydrogens is 220 g/mol. The molecular formula is C9H9ClN2O3. The van der Waals surface area contributed by atoms with E-state index in [-0.39, 0.29) is 0 Å². The zero-order chi connectivity index (χ0) is 11.4. The number of rotatable bonds is 4. The summed E-state index contributed by atoms with van der Waals surface area (Å²) < 4.78 is 0. The largest absolute Gasteiger partial charge is 0.369 e.